The molecule has 1 rings (SSSR count). The summed E-state index contributed by atoms with van der Waals surface area (Å²) in [6.45, 7) is 4.11. The molecule has 0 saturated carbocycles. The Kier molecular flexibility index (Phi) is 7.79. The van der Waals surface area contributed by atoms with Crippen molar-refractivity contribution < 1.29 is 9.72 Å². The fourth-order valence-corrected chi connectivity index (χ4v) is 1.73. The summed E-state index contributed by atoms with van der Waals surface area (Å²) in [7, 11) is 1.78. The number of amides is 1. The molecule has 1 atom stereocenters. The zero-order valence-corrected chi connectivity index (χ0v) is 12.6. The highest BCUT2D eigenvalue weighted by atomic mass is 35.5. The number of hydrogen-bond donors (Lipinski definition) is 2. The van der Waals surface area contributed by atoms with E-state index in [1.807, 2.05) is 6.92 Å². The van der Waals surface area contributed by atoms with Gasteiger partial charge in [-0.1, -0.05) is 12.1 Å². The van der Waals surface area contributed by atoms with E-state index in [1.165, 1.54) is 6.07 Å². The molecule has 1 aromatic rings. The number of nitro benzene ring substituents is 1. The van der Waals surface area contributed by atoms with Crippen LogP contribution in [0, 0.1) is 17.0 Å². The van der Waals surface area contributed by atoms with Crippen LogP contribution in [0.4, 0.5) is 5.69 Å². The van der Waals surface area contributed by atoms with Crippen LogP contribution in [-0.2, 0) is 4.79 Å². The van der Waals surface area contributed by atoms with Gasteiger partial charge in [-0.3, -0.25) is 14.9 Å². The van der Waals surface area contributed by atoms with Crippen molar-refractivity contribution in [1.29, 1.82) is 0 Å². The van der Waals surface area contributed by atoms with Gasteiger partial charge in [0.1, 0.15) is 0 Å². The van der Waals surface area contributed by atoms with Crippen molar-refractivity contribution in [3.63, 3.8) is 0 Å². The standard InChI is InChI=1S/C13H19N3O3.ClH/c1-9-4-5-11(8-12(9)16(18)19)10(2)15-13(17)6-7-14-3;/h4-5,8,10,14H,6-7H2,1-3H3,(H,15,17);1H. The minimum Gasteiger partial charge on any atom is -0.350 e. The first-order chi connectivity index (χ1) is 8.95. The number of nitro groups is 1. The Morgan fingerprint density at radius 2 is 2.10 bits per heavy atom. The van der Waals surface area contributed by atoms with Crippen LogP contribution in [0.5, 0.6) is 0 Å². The lowest BCUT2D eigenvalue weighted by Gasteiger charge is -2.14. The molecular weight excluding hydrogens is 282 g/mol. The SMILES string of the molecule is CNCCC(=O)NC(C)c1ccc(C)c([N+](=O)[O-])c1.Cl. The number of nitrogens with one attached hydrogen (secondary N) is 2. The number of nitrogens with zero attached hydrogens (tertiary/aromatic N) is 1. The van der Waals surface area contributed by atoms with Crippen molar-refractivity contribution in [2.24, 2.45) is 0 Å². The first-order valence-corrected chi connectivity index (χ1v) is 6.14. The summed E-state index contributed by atoms with van der Waals surface area (Å²) >= 11 is 0. The minimum absolute atomic E-state index is 0. The van der Waals surface area contributed by atoms with Crippen LogP contribution in [0.2, 0.25) is 0 Å². The van der Waals surface area contributed by atoms with E-state index in [4.69, 9.17) is 0 Å². The van der Waals surface area contributed by atoms with E-state index in [1.54, 1.807) is 26.1 Å². The average molecular weight is 302 g/mol. The van der Waals surface area contributed by atoms with Crippen molar-refractivity contribution in [1.82, 2.24) is 10.6 Å². The van der Waals surface area contributed by atoms with Gasteiger partial charge in [-0.25, -0.2) is 0 Å². The number of benzene rings is 1. The lowest BCUT2D eigenvalue weighted by atomic mass is 10.0. The maximum atomic E-state index is 11.6. The van der Waals surface area contributed by atoms with Crippen LogP contribution >= 0.6 is 12.4 Å². The molecule has 1 aromatic carbocycles. The predicted octanol–water partition coefficient (Wildman–Crippen LogP) is 2.11. The predicted molar refractivity (Wildman–Crippen MR) is 80.2 cm³/mol. The van der Waals surface area contributed by atoms with Crippen molar-refractivity contribution in [2.45, 2.75) is 26.3 Å². The highest BCUT2D eigenvalue weighted by Gasteiger charge is 2.15. The summed E-state index contributed by atoms with van der Waals surface area (Å²) in [5.74, 6) is -0.0786. The zero-order chi connectivity index (χ0) is 14.4. The minimum atomic E-state index is -0.408. The van der Waals surface area contributed by atoms with Crippen molar-refractivity contribution in [2.75, 3.05) is 13.6 Å². The maximum absolute atomic E-state index is 11.6. The molecule has 20 heavy (non-hydrogen) atoms. The van der Waals surface area contributed by atoms with Gasteiger partial charge in [0.15, 0.2) is 0 Å². The van der Waals surface area contributed by atoms with Gasteiger partial charge in [0.25, 0.3) is 5.69 Å². The summed E-state index contributed by atoms with van der Waals surface area (Å²) < 4.78 is 0. The monoisotopic (exact) mass is 301 g/mol. The third kappa shape index (κ3) is 5.14. The van der Waals surface area contributed by atoms with E-state index in [-0.39, 0.29) is 30.0 Å². The summed E-state index contributed by atoms with van der Waals surface area (Å²) in [4.78, 5) is 22.0. The fourth-order valence-electron chi connectivity index (χ4n) is 1.73. The van der Waals surface area contributed by atoms with Crippen molar-refractivity contribution >= 4 is 24.0 Å². The van der Waals surface area contributed by atoms with Crippen molar-refractivity contribution in [3.05, 3.63) is 39.4 Å². The Morgan fingerprint density at radius 1 is 1.45 bits per heavy atom. The number of hydrogen-bond acceptors (Lipinski definition) is 4. The van der Waals surface area contributed by atoms with E-state index >= 15 is 0 Å². The van der Waals surface area contributed by atoms with Gasteiger partial charge in [-0.15, -0.1) is 12.4 Å². The molecule has 0 saturated heterocycles. The second-order valence-corrected chi connectivity index (χ2v) is 4.45. The Bertz CT molecular complexity index is 480. The Labute approximate surface area is 124 Å². The van der Waals surface area contributed by atoms with Crippen LogP contribution in [-0.4, -0.2) is 24.4 Å². The third-order valence-corrected chi connectivity index (χ3v) is 2.91. The molecule has 6 nitrogen and oxygen atoms in total. The Balaban J connectivity index is 0.00000361. The molecule has 7 heteroatoms. The normalized spacial score (nSPS) is 11.3. The molecule has 0 aliphatic heterocycles. The van der Waals surface area contributed by atoms with Crippen LogP contribution in [0.3, 0.4) is 0 Å². The van der Waals surface area contributed by atoms with Gasteiger partial charge in [0.05, 0.1) is 11.0 Å². The molecule has 0 aliphatic carbocycles. The van der Waals surface area contributed by atoms with E-state index in [0.717, 1.165) is 5.56 Å². The molecule has 1 amide bonds. The molecule has 0 aromatic heterocycles. The highest BCUT2D eigenvalue weighted by Crippen LogP contribution is 2.23. The number of aryl methyl sites for hydroxylation is 1. The number of carbonyl (C=O) groups excluding carboxylic acids is 1. The van der Waals surface area contributed by atoms with Crippen LogP contribution < -0.4 is 10.6 Å². The fraction of sp³-hybridized carbons (Fsp3) is 0.462. The van der Waals surface area contributed by atoms with Gasteiger partial charge in [-0.05, 0) is 26.5 Å². The van der Waals surface area contributed by atoms with Gasteiger partial charge < -0.3 is 10.6 Å². The van der Waals surface area contributed by atoms with Gasteiger partial charge in [-0.2, -0.15) is 0 Å². The highest BCUT2D eigenvalue weighted by molar-refractivity contribution is 5.85. The quantitative estimate of drug-likeness (QED) is 0.622. The molecule has 112 valence electrons. The smallest absolute Gasteiger partial charge is 0.272 e. The first kappa shape index (κ1) is 18.3. The van der Waals surface area contributed by atoms with Crippen LogP contribution in [0.1, 0.15) is 30.5 Å². The lowest BCUT2D eigenvalue weighted by Crippen LogP contribution is -2.29. The number of halogens is 1. The zero-order valence-electron chi connectivity index (χ0n) is 11.8. The largest absolute Gasteiger partial charge is 0.350 e. The molecular formula is C13H20ClN3O3. The Morgan fingerprint density at radius 3 is 2.65 bits per heavy atom. The number of rotatable bonds is 6. The molecule has 0 fully saturated rings. The van der Waals surface area contributed by atoms with Crippen LogP contribution in [0.15, 0.2) is 18.2 Å². The van der Waals surface area contributed by atoms with Crippen LogP contribution in [0.25, 0.3) is 0 Å². The van der Waals surface area contributed by atoms with E-state index in [9.17, 15) is 14.9 Å². The first-order valence-electron chi connectivity index (χ1n) is 6.14. The van der Waals surface area contributed by atoms with E-state index < -0.39 is 4.92 Å². The summed E-state index contributed by atoms with van der Waals surface area (Å²) in [5.41, 5.74) is 1.42. The summed E-state index contributed by atoms with van der Waals surface area (Å²) in [5, 5.41) is 16.6. The summed E-state index contributed by atoms with van der Waals surface area (Å²) in [6.07, 6.45) is 0.384. The molecule has 0 heterocycles. The third-order valence-electron chi connectivity index (χ3n) is 2.91. The second-order valence-electron chi connectivity index (χ2n) is 4.45. The lowest BCUT2D eigenvalue weighted by molar-refractivity contribution is -0.385. The molecule has 0 spiro atoms. The molecule has 0 radical (unpaired) electrons. The average Bonchev–Trinajstić information content (AvgIpc) is 2.36. The number of carbonyl (C=O) groups is 1. The van der Waals surface area contributed by atoms with Crippen molar-refractivity contribution in [3.8, 4) is 0 Å². The van der Waals surface area contributed by atoms with Gasteiger partial charge >= 0.3 is 0 Å². The van der Waals surface area contributed by atoms with E-state index in [0.29, 0.717) is 18.5 Å². The van der Waals surface area contributed by atoms with Gasteiger partial charge in [0.2, 0.25) is 5.91 Å². The molecule has 0 aliphatic rings. The topological polar surface area (TPSA) is 84.3 Å². The molecule has 1 unspecified atom stereocenters. The Hall–Kier alpha value is -1.66. The second kappa shape index (κ2) is 8.50. The summed E-state index contributed by atoms with van der Waals surface area (Å²) in [6, 6.07) is 4.76. The molecule has 2 N–H and O–H groups in total. The maximum Gasteiger partial charge on any atom is 0.272 e. The van der Waals surface area contributed by atoms with Gasteiger partial charge in [0, 0.05) is 24.6 Å². The molecule has 0 bridgehead atoms. The van der Waals surface area contributed by atoms with E-state index in [2.05, 4.69) is 10.6 Å².